The highest BCUT2D eigenvalue weighted by atomic mass is 35.5. The van der Waals surface area contributed by atoms with Gasteiger partial charge in [-0.1, -0.05) is 53.7 Å². The Balaban J connectivity index is 1.36. The predicted molar refractivity (Wildman–Crippen MR) is 132 cm³/mol. The first-order chi connectivity index (χ1) is 16.6. The Hall–Kier alpha value is -3.49. The third kappa shape index (κ3) is 4.88. The minimum Gasteiger partial charge on any atom is -0.454 e. The number of thioether (sulfide) groups is 1. The van der Waals surface area contributed by atoms with Gasteiger partial charge in [0, 0.05) is 11.6 Å². The SMILES string of the molecule is O=C(CSc1nc2ccccc2c(=O)n1Cc1ccc2c(c1)OCO2)NCc1ccc(Cl)cc1. The maximum atomic E-state index is 13.3. The lowest BCUT2D eigenvalue weighted by Gasteiger charge is -2.14. The lowest BCUT2D eigenvalue weighted by molar-refractivity contribution is -0.118. The summed E-state index contributed by atoms with van der Waals surface area (Å²) in [6.45, 7) is 0.871. The summed E-state index contributed by atoms with van der Waals surface area (Å²) in [5.41, 5.74) is 2.26. The minimum absolute atomic E-state index is 0.125. The number of halogens is 1. The number of nitrogens with zero attached hydrogens (tertiary/aromatic N) is 2. The van der Waals surface area contributed by atoms with Crippen molar-refractivity contribution in [2.24, 2.45) is 0 Å². The lowest BCUT2D eigenvalue weighted by Crippen LogP contribution is -2.27. The van der Waals surface area contributed by atoms with E-state index in [1.165, 1.54) is 11.8 Å². The van der Waals surface area contributed by atoms with Crippen LogP contribution >= 0.6 is 23.4 Å². The van der Waals surface area contributed by atoms with Crippen molar-refractivity contribution in [1.82, 2.24) is 14.9 Å². The molecule has 1 amide bonds. The van der Waals surface area contributed by atoms with E-state index in [-0.39, 0.29) is 24.0 Å². The largest absolute Gasteiger partial charge is 0.454 e. The molecule has 1 N–H and O–H groups in total. The van der Waals surface area contributed by atoms with Crippen LogP contribution in [0.25, 0.3) is 10.9 Å². The predicted octanol–water partition coefficient (Wildman–Crippen LogP) is 4.24. The van der Waals surface area contributed by atoms with Crippen molar-refractivity contribution in [2.45, 2.75) is 18.2 Å². The summed E-state index contributed by atoms with van der Waals surface area (Å²) in [7, 11) is 0. The third-order valence-electron chi connectivity index (χ3n) is 5.34. The summed E-state index contributed by atoms with van der Waals surface area (Å²) >= 11 is 7.14. The highest BCUT2D eigenvalue weighted by Crippen LogP contribution is 2.33. The molecule has 7 nitrogen and oxygen atoms in total. The van der Waals surface area contributed by atoms with Crippen LogP contribution < -0.4 is 20.3 Å². The number of carbonyl (C=O) groups excluding carboxylic acids is 1. The second-order valence-electron chi connectivity index (χ2n) is 7.68. The molecule has 0 spiro atoms. The molecule has 0 bridgehead atoms. The number of para-hydroxylation sites is 1. The van der Waals surface area contributed by atoms with E-state index in [0.717, 1.165) is 11.1 Å². The molecule has 0 fully saturated rings. The Kier molecular flexibility index (Phi) is 6.42. The summed E-state index contributed by atoms with van der Waals surface area (Å²) in [5, 5.41) is 4.54. The normalized spacial score (nSPS) is 12.1. The maximum Gasteiger partial charge on any atom is 0.262 e. The number of amides is 1. The molecule has 3 aromatic carbocycles. The van der Waals surface area contributed by atoms with Gasteiger partial charge in [-0.05, 0) is 47.5 Å². The number of fused-ring (bicyclic) bond motifs is 2. The van der Waals surface area contributed by atoms with Crippen LogP contribution in [0.3, 0.4) is 0 Å². The van der Waals surface area contributed by atoms with Crippen LogP contribution in [0.15, 0.2) is 76.7 Å². The zero-order chi connectivity index (χ0) is 23.5. The Bertz CT molecular complexity index is 1420. The van der Waals surface area contributed by atoms with Gasteiger partial charge in [-0.25, -0.2) is 4.98 Å². The average Bonchev–Trinajstić information content (AvgIpc) is 3.32. The Morgan fingerprint density at radius 2 is 1.79 bits per heavy atom. The second kappa shape index (κ2) is 9.79. The number of ether oxygens (including phenoxy) is 2. The first-order valence-corrected chi connectivity index (χ1v) is 12.0. The Morgan fingerprint density at radius 1 is 1.03 bits per heavy atom. The average molecular weight is 494 g/mol. The second-order valence-corrected chi connectivity index (χ2v) is 9.06. The summed E-state index contributed by atoms with van der Waals surface area (Å²) in [6.07, 6.45) is 0. The van der Waals surface area contributed by atoms with Crippen LogP contribution in [-0.4, -0.2) is 28.0 Å². The number of benzene rings is 3. The van der Waals surface area contributed by atoms with Crippen molar-refractivity contribution < 1.29 is 14.3 Å². The molecule has 1 aromatic heterocycles. The lowest BCUT2D eigenvalue weighted by atomic mass is 10.2. The molecule has 2 heterocycles. The summed E-state index contributed by atoms with van der Waals surface area (Å²) in [5.74, 6) is 1.30. The van der Waals surface area contributed by atoms with Gasteiger partial charge in [0.2, 0.25) is 12.7 Å². The zero-order valence-electron chi connectivity index (χ0n) is 18.0. The van der Waals surface area contributed by atoms with Crippen LogP contribution in [0.4, 0.5) is 0 Å². The molecule has 0 saturated carbocycles. The smallest absolute Gasteiger partial charge is 0.262 e. The molecule has 1 aliphatic heterocycles. The Labute approximate surface area is 204 Å². The van der Waals surface area contributed by atoms with Crippen LogP contribution in [0.2, 0.25) is 5.02 Å². The number of aromatic nitrogens is 2. The van der Waals surface area contributed by atoms with Crippen LogP contribution in [0.1, 0.15) is 11.1 Å². The monoisotopic (exact) mass is 493 g/mol. The topological polar surface area (TPSA) is 82.5 Å². The minimum atomic E-state index is -0.160. The van der Waals surface area contributed by atoms with E-state index in [1.807, 2.05) is 42.5 Å². The van der Waals surface area contributed by atoms with Crippen LogP contribution in [0.5, 0.6) is 11.5 Å². The number of rotatable bonds is 7. The molecule has 172 valence electrons. The van der Waals surface area contributed by atoms with Crippen LogP contribution in [0, 0.1) is 0 Å². The van der Waals surface area contributed by atoms with Gasteiger partial charge in [-0.3, -0.25) is 14.2 Å². The van der Waals surface area contributed by atoms with Gasteiger partial charge in [0.15, 0.2) is 16.7 Å². The van der Waals surface area contributed by atoms with E-state index in [2.05, 4.69) is 10.3 Å². The van der Waals surface area contributed by atoms with E-state index in [1.54, 1.807) is 28.8 Å². The van der Waals surface area contributed by atoms with Crippen molar-refractivity contribution in [3.63, 3.8) is 0 Å². The highest BCUT2D eigenvalue weighted by molar-refractivity contribution is 7.99. The molecule has 0 atom stereocenters. The van der Waals surface area contributed by atoms with Gasteiger partial charge in [0.1, 0.15) is 0 Å². The van der Waals surface area contributed by atoms with Gasteiger partial charge in [0.05, 0.1) is 23.2 Å². The molecule has 0 saturated heterocycles. The standard InChI is InChI=1S/C25H20ClN3O4S/c26-18-8-5-16(6-9-18)12-27-23(30)14-34-25-28-20-4-2-1-3-19(20)24(31)29(25)13-17-7-10-21-22(11-17)33-15-32-21/h1-11H,12-15H2,(H,27,30). The molecular weight excluding hydrogens is 474 g/mol. The fourth-order valence-corrected chi connectivity index (χ4v) is 4.56. The molecule has 34 heavy (non-hydrogen) atoms. The number of hydrogen-bond acceptors (Lipinski definition) is 6. The van der Waals surface area contributed by atoms with E-state index < -0.39 is 0 Å². The fourth-order valence-electron chi connectivity index (χ4n) is 3.60. The van der Waals surface area contributed by atoms with Gasteiger partial charge in [-0.2, -0.15) is 0 Å². The molecule has 5 rings (SSSR count). The number of nitrogens with one attached hydrogen (secondary N) is 1. The van der Waals surface area contributed by atoms with Gasteiger partial charge in [-0.15, -0.1) is 0 Å². The molecule has 0 unspecified atom stereocenters. The molecule has 4 aromatic rings. The van der Waals surface area contributed by atoms with Gasteiger partial charge >= 0.3 is 0 Å². The third-order valence-corrected chi connectivity index (χ3v) is 6.57. The van der Waals surface area contributed by atoms with Crippen molar-refractivity contribution in [3.05, 3.63) is 93.2 Å². The molecule has 1 aliphatic rings. The number of carbonyl (C=O) groups is 1. The summed E-state index contributed by atoms with van der Waals surface area (Å²) < 4.78 is 12.4. The van der Waals surface area contributed by atoms with Crippen molar-refractivity contribution in [3.8, 4) is 11.5 Å². The van der Waals surface area contributed by atoms with Gasteiger partial charge < -0.3 is 14.8 Å². The first kappa shape index (κ1) is 22.3. The Morgan fingerprint density at radius 3 is 2.65 bits per heavy atom. The van der Waals surface area contributed by atoms with Crippen molar-refractivity contribution in [2.75, 3.05) is 12.5 Å². The molecule has 0 aliphatic carbocycles. The fraction of sp³-hybridized carbons (Fsp3) is 0.160. The van der Waals surface area contributed by atoms with Gasteiger partial charge in [0.25, 0.3) is 5.56 Å². The van der Waals surface area contributed by atoms with Crippen molar-refractivity contribution >= 4 is 40.2 Å². The maximum absolute atomic E-state index is 13.3. The molecular formula is C25H20ClN3O4S. The highest BCUT2D eigenvalue weighted by Gasteiger charge is 2.17. The quantitative estimate of drug-likeness (QED) is 0.306. The van der Waals surface area contributed by atoms with E-state index in [0.29, 0.717) is 45.7 Å². The molecule has 9 heteroatoms. The molecule has 0 radical (unpaired) electrons. The first-order valence-electron chi connectivity index (χ1n) is 10.6. The zero-order valence-corrected chi connectivity index (χ0v) is 19.6. The summed E-state index contributed by atoms with van der Waals surface area (Å²) in [6, 6.07) is 20.1. The van der Waals surface area contributed by atoms with E-state index in [9.17, 15) is 9.59 Å². The van der Waals surface area contributed by atoms with Crippen LogP contribution in [-0.2, 0) is 17.9 Å². The van der Waals surface area contributed by atoms with E-state index in [4.69, 9.17) is 21.1 Å². The van der Waals surface area contributed by atoms with Crippen molar-refractivity contribution in [1.29, 1.82) is 0 Å². The number of hydrogen-bond donors (Lipinski definition) is 1. The van der Waals surface area contributed by atoms with E-state index >= 15 is 0 Å². The summed E-state index contributed by atoms with van der Waals surface area (Å²) in [4.78, 5) is 30.5.